The van der Waals surface area contributed by atoms with E-state index in [1.807, 2.05) is 36.4 Å². The van der Waals surface area contributed by atoms with Crippen LogP contribution in [0.3, 0.4) is 0 Å². The minimum atomic E-state index is 0.00434. The van der Waals surface area contributed by atoms with Gasteiger partial charge in [0.25, 0.3) is 0 Å². The average Bonchev–Trinajstić information content (AvgIpc) is 2.46. The molecule has 0 saturated carbocycles. The highest BCUT2D eigenvalue weighted by molar-refractivity contribution is 5.64. The Labute approximate surface area is 105 Å². The molecule has 0 aliphatic rings. The SMILES string of the molecule is OCCOc1ccc(-c2ccc(OO)cc2)cc1. The van der Waals surface area contributed by atoms with Crippen molar-refractivity contribution in [3.05, 3.63) is 48.5 Å². The van der Waals surface area contributed by atoms with E-state index in [0.717, 1.165) is 16.9 Å². The van der Waals surface area contributed by atoms with Crippen LogP contribution >= 0.6 is 0 Å². The number of rotatable bonds is 5. The highest BCUT2D eigenvalue weighted by atomic mass is 17.1. The molecule has 2 N–H and O–H groups in total. The number of hydrogen-bond donors (Lipinski definition) is 2. The van der Waals surface area contributed by atoms with Crippen LogP contribution in [0.2, 0.25) is 0 Å². The molecule has 0 spiro atoms. The van der Waals surface area contributed by atoms with Crippen LogP contribution in [-0.4, -0.2) is 23.6 Å². The lowest BCUT2D eigenvalue weighted by atomic mass is 10.1. The summed E-state index contributed by atoms with van der Waals surface area (Å²) in [5.74, 6) is 1.13. The van der Waals surface area contributed by atoms with Gasteiger partial charge in [-0.1, -0.05) is 24.3 Å². The van der Waals surface area contributed by atoms with Crippen LogP contribution in [0.15, 0.2) is 48.5 Å². The second kappa shape index (κ2) is 6.05. The van der Waals surface area contributed by atoms with Crippen LogP contribution in [0, 0.1) is 0 Å². The smallest absolute Gasteiger partial charge is 0.165 e. The van der Waals surface area contributed by atoms with Crippen molar-refractivity contribution >= 4 is 0 Å². The predicted molar refractivity (Wildman–Crippen MR) is 67.7 cm³/mol. The van der Waals surface area contributed by atoms with Gasteiger partial charge in [0.05, 0.1) is 6.61 Å². The van der Waals surface area contributed by atoms with E-state index >= 15 is 0 Å². The number of benzene rings is 2. The molecular formula is C14H14O4. The summed E-state index contributed by atoms with van der Waals surface area (Å²) in [7, 11) is 0. The Balaban J connectivity index is 2.12. The fourth-order valence-electron chi connectivity index (χ4n) is 1.62. The standard InChI is InChI=1S/C14H14O4/c15-9-10-17-13-5-1-11(2-6-13)12-3-7-14(18-16)8-4-12/h1-8,15-16H,9-10H2. The van der Waals surface area contributed by atoms with Crippen molar-refractivity contribution < 1.29 is 20.0 Å². The van der Waals surface area contributed by atoms with Gasteiger partial charge in [-0.3, -0.25) is 0 Å². The summed E-state index contributed by atoms with van der Waals surface area (Å²) in [6, 6.07) is 14.6. The molecule has 0 unspecified atom stereocenters. The summed E-state index contributed by atoms with van der Waals surface area (Å²) in [5, 5.41) is 17.1. The Bertz CT molecular complexity index is 476. The second-order valence-electron chi connectivity index (χ2n) is 3.71. The molecule has 2 rings (SSSR count). The quantitative estimate of drug-likeness (QED) is 0.629. The molecule has 0 aliphatic heterocycles. The summed E-state index contributed by atoms with van der Waals surface area (Å²) < 4.78 is 5.28. The molecule has 0 atom stereocenters. The molecule has 94 valence electrons. The Kier molecular flexibility index (Phi) is 4.17. The zero-order chi connectivity index (χ0) is 12.8. The molecule has 4 heteroatoms. The highest BCUT2D eigenvalue weighted by Crippen LogP contribution is 2.24. The lowest BCUT2D eigenvalue weighted by Gasteiger charge is -2.06. The zero-order valence-electron chi connectivity index (χ0n) is 9.74. The minimum absolute atomic E-state index is 0.00434. The minimum Gasteiger partial charge on any atom is -0.491 e. The normalized spacial score (nSPS) is 10.1. The van der Waals surface area contributed by atoms with E-state index in [9.17, 15) is 0 Å². The van der Waals surface area contributed by atoms with Crippen molar-refractivity contribution in [1.82, 2.24) is 0 Å². The third-order valence-corrected chi connectivity index (χ3v) is 2.51. The Hall–Kier alpha value is -2.04. The molecule has 0 bridgehead atoms. The van der Waals surface area contributed by atoms with Crippen molar-refractivity contribution in [2.45, 2.75) is 0 Å². The number of hydrogen-bond acceptors (Lipinski definition) is 4. The van der Waals surface area contributed by atoms with E-state index < -0.39 is 0 Å². The Morgan fingerprint density at radius 3 is 1.72 bits per heavy atom. The van der Waals surface area contributed by atoms with E-state index in [0.29, 0.717) is 12.4 Å². The topological polar surface area (TPSA) is 58.9 Å². The third-order valence-electron chi connectivity index (χ3n) is 2.51. The first-order chi connectivity index (χ1) is 8.83. The molecule has 0 aliphatic carbocycles. The second-order valence-corrected chi connectivity index (χ2v) is 3.71. The van der Waals surface area contributed by atoms with E-state index in [1.165, 1.54) is 0 Å². The number of aliphatic hydroxyl groups is 1. The van der Waals surface area contributed by atoms with Gasteiger partial charge in [-0.25, -0.2) is 5.26 Å². The fraction of sp³-hybridized carbons (Fsp3) is 0.143. The van der Waals surface area contributed by atoms with Gasteiger partial charge in [-0.05, 0) is 35.4 Å². The van der Waals surface area contributed by atoms with Crippen molar-refractivity contribution in [2.24, 2.45) is 0 Å². The van der Waals surface area contributed by atoms with Crippen LogP contribution in [0.1, 0.15) is 0 Å². The first kappa shape index (κ1) is 12.4. The van der Waals surface area contributed by atoms with Gasteiger partial charge in [-0.2, -0.15) is 0 Å². The first-order valence-electron chi connectivity index (χ1n) is 5.59. The molecule has 0 radical (unpaired) electrons. The van der Waals surface area contributed by atoms with E-state index in [-0.39, 0.29) is 6.61 Å². The van der Waals surface area contributed by atoms with Gasteiger partial charge in [0, 0.05) is 0 Å². The molecule has 0 saturated heterocycles. The molecule has 0 heterocycles. The number of ether oxygens (including phenoxy) is 1. The molecule has 18 heavy (non-hydrogen) atoms. The van der Waals surface area contributed by atoms with Gasteiger partial charge in [0.2, 0.25) is 0 Å². The average molecular weight is 246 g/mol. The van der Waals surface area contributed by atoms with E-state index in [2.05, 4.69) is 4.89 Å². The van der Waals surface area contributed by atoms with Gasteiger partial charge < -0.3 is 14.7 Å². The van der Waals surface area contributed by atoms with E-state index in [1.54, 1.807) is 12.1 Å². The summed E-state index contributed by atoms with van der Waals surface area (Å²) in [5.41, 5.74) is 2.06. The largest absolute Gasteiger partial charge is 0.491 e. The lowest BCUT2D eigenvalue weighted by Crippen LogP contribution is -2.01. The summed E-state index contributed by atoms with van der Waals surface area (Å²) in [6.45, 7) is 0.298. The van der Waals surface area contributed by atoms with Crippen molar-refractivity contribution in [2.75, 3.05) is 13.2 Å². The lowest BCUT2D eigenvalue weighted by molar-refractivity contribution is -0.137. The van der Waals surface area contributed by atoms with Gasteiger partial charge in [0.1, 0.15) is 12.4 Å². The van der Waals surface area contributed by atoms with Crippen molar-refractivity contribution in [3.8, 4) is 22.6 Å². The summed E-state index contributed by atoms with van der Waals surface area (Å²) in [6.07, 6.45) is 0. The van der Waals surface area contributed by atoms with Crippen molar-refractivity contribution in [3.63, 3.8) is 0 Å². The van der Waals surface area contributed by atoms with Crippen molar-refractivity contribution in [1.29, 1.82) is 0 Å². The zero-order valence-corrected chi connectivity index (χ0v) is 9.74. The molecule has 4 nitrogen and oxygen atoms in total. The van der Waals surface area contributed by atoms with Gasteiger partial charge in [0.15, 0.2) is 5.75 Å². The molecule has 2 aromatic carbocycles. The van der Waals surface area contributed by atoms with Crippen LogP contribution in [0.25, 0.3) is 11.1 Å². The molecule has 2 aromatic rings. The summed E-state index contributed by atoms with van der Waals surface area (Å²) >= 11 is 0. The van der Waals surface area contributed by atoms with Crippen LogP contribution in [-0.2, 0) is 0 Å². The van der Waals surface area contributed by atoms with E-state index in [4.69, 9.17) is 15.1 Å². The molecular weight excluding hydrogens is 232 g/mol. The number of aliphatic hydroxyl groups excluding tert-OH is 1. The molecule has 0 fully saturated rings. The van der Waals surface area contributed by atoms with Gasteiger partial charge in [-0.15, -0.1) is 0 Å². The fourth-order valence-corrected chi connectivity index (χ4v) is 1.62. The highest BCUT2D eigenvalue weighted by Gasteiger charge is 2.00. The summed E-state index contributed by atoms with van der Waals surface area (Å²) in [4.78, 5) is 4.12. The molecule has 0 aromatic heterocycles. The maximum Gasteiger partial charge on any atom is 0.165 e. The van der Waals surface area contributed by atoms with Crippen LogP contribution in [0.4, 0.5) is 0 Å². The predicted octanol–water partition coefficient (Wildman–Crippen LogP) is 2.58. The Morgan fingerprint density at radius 1 is 0.778 bits per heavy atom. The van der Waals surface area contributed by atoms with Crippen LogP contribution < -0.4 is 9.62 Å². The molecule has 0 amide bonds. The van der Waals surface area contributed by atoms with Gasteiger partial charge >= 0.3 is 0 Å². The monoisotopic (exact) mass is 246 g/mol. The first-order valence-corrected chi connectivity index (χ1v) is 5.59. The maximum atomic E-state index is 8.65. The Morgan fingerprint density at radius 2 is 1.28 bits per heavy atom. The van der Waals surface area contributed by atoms with Crippen LogP contribution in [0.5, 0.6) is 11.5 Å². The maximum absolute atomic E-state index is 8.65. The third kappa shape index (κ3) is 3.00.